The third kappa shape index (κ3) is 5.13. The van der Waals surface area contributed by atoms with Crippen molar-refractivity contribution in [1.29, 1.82) is 0 Å². The minimum Gasteiger partial charge on any atom is -0.478 e. The van der Waals surface area contributed by atoms with E-state index in [2.05, 4.69) is 30.9 Å². The van der Waals surface area contributed by atoms with E-state index in [-0.39, 0.29) is 34.9 Å². The normalized spacial score (nSPS) is 10.9. The van der Waals surface area contributed by atoms with Gasteiger partial charge in [0.25, 0.3) is 5.22 Å². The first-order valence-corrected chi connectivity index (χ1v) is 10.8. The van der Waals surface area contributed by atoms with Crippen molar-refractivity contribution >= 4 is 40.7 Å². The molecule has 4 aromatic rings. The minimum atomic E-state index is -1.06. The molecule has 0 spiro atoms. The topological polar surface area (TPSA) is 149 Å². The van der Waals surface area contributed by atoms with Crippen molar-refractivity contribution in [1.82, 2.24) is 30.4 Å². The SMILES string of the molecule is Cc1ccc(C(=O)O)cc1NC(=O)CSc1nnc(Cn2nnc(-c3ccsc3)n2)o1. The van der Waals surface area contributed by atoms with E-state index in [9.17, 15) is 9.59 Å². The molecule has 158 valence electrons. The summed E-state index contributed by atoms with van der Waals surface area (Å²) in [5, 5.41) is 35.9. The molecule has 0 aliphatic carbocycles. The number of thioether (sulfide) groups is 1. The van der Waals surface area contributed by atoms with Crippen molar-refractivity contribution in [2.75, 3.05) is 11.1 Å². The molecular weight excluding hydrogens is 442 g/mol. The summed E-state index contributed by atoms with van der Waals surface area (Å²) in [7, 11) is 0. The molecule has 0 aliphatic heterocycles. The number of aromatic carboxylic acids is 1. The molecule has 3 aromatic heterocycles. The van der Waals surface area contributed by atoms with Crippen LogP contribution in [-0.4, -0.2) is 53.1 Å². The first kappa shape index (κ1) is 20.7. The quantitative estimate of drug-likeness (QED) is 0.378. The number of hydrogen-bond donors (Lipinski definition) is 2. The van der Waals surface area contributed by atoms with Crippen LogP contribution in [0.2, 0.25) is 0 Å². The number of thiophene rings is 1. The molecule has 31 heavy (non-hydrogen) atoms. The van der Waals surface area contributed by atoms with Crippen molar-refractivity contribution in [3.63, 3.8) is 0 Å². The predicted octanol–water partition coefficient (Wildman–Crippen LogP) is 2.57. The van der Waals surface area contributed by atoms with Crippen LogP contribution in [0, 0.1) is 6.92 Å². The summed E-state index contributed by atoms with van der Waals surface area (Å²) in [6, 6.07) is 6.44. The lowest BCUT2D eigenvalue weighted by Crippen LogP contribution is -2.15. The fourth-order valence-corrected chi connectivity index (χ4v) is 3.72. The number of hydrogen-bond acceptors (Lipinski definition) is 10. The number of nitrogens with zero attached hydrogens (tertiary/aromatic N) is 6. The molecule has 0 fully saturated rings. The van der Waals surface area contributed by atoms with Crippen LogP contribution >= 0.6 is 23.1 Å². The Morgan fingerprint density at radius 1 is 1.26 bits per heavy atom. The highest BCUT2D eigenvalue weighted by Gasteiger charge is 2.14. The number of amides is 1. The summed E-state index contributed by atoms with van der Waals surface area (Å²) in [6.45, 7) is 1.93. The average Bonchev–Trinajstić information content (AvgIpc) is 3.50. The van der Waals surface area contributed by atoms with Crippen LogP contribution in [0.15, 0.2) is 44.7 Å². The maximum absolute atomic E-state index is 12.2. The van der Waals surface area contributed by atoms with E-state index >= 15 is 0 Å². The van der Waals surface area contributed by atoms with Gasteiger partial charge in [-0.25, -0.2) is 4.79 Å². The van der Waals surface area contributed by atoms with Gasteiger partial charge < -0.3 is 14.8 Å². The van der Waals surface area contributed by atoms with E-state index in [4.69, 9.17) is 9.52 Å². The Balaban J connectivity index is 1.32. The zero-order valence-electron chi connectivity index (χ0n) is 16.1. The smallest absolute Gasteiger partial charge is 0.335 e. The van der Waals surface area contributed by atoms with Gasteiger partial charge in [0.15, 0.2) is 0 Å². The molecule has 0 atom stereocenters. The van der Waals surface area contributed by atoms with Gasteiger partial charge in [-0.2, -0.15) is 16.1 Å². The van der Waals surface area contributed by atoms with Crippen LogP contribution in [0.1, 0.15) is 21.8 Å². The van der Waals surface area contributed by atoms with Crippen LogP contribution in [-0.2, 0) is 11.3 Å². The van der Waals surface area contributed by atoms with Gasteiger partial charge in [0, 0.05) is 16.6 Å². The van der Waals surface area contributed by atoms with Gasteiger partial charge in [-0.3, -0.25) is 4.79 Å². The lowest BCUT2D eigenvalue weighted by molar-refractivity contribution is -0.113. The molecule has 3 heterocycles. The number of carbonyl (C=O) groups excluding carboxylic acids is 1. The van der Waals surface area contributed by atoms with Crippen LogP contribution < -0.4 is 5.32 Å². The zero-order valence-corrected chi connectivity index (χ0v) is 17.7. The van der Waals surface area contributed by atoms with Crippen molar-refractivity contribution in [3.05, 3.63) is 52.0 Å². The summed E-state index contributed by atoms with van der Waals surface area (Å²) >= 11 is 2.61. The number of carboxylic acids is 1. The number of benzene rings is 1. The summed E-state index contributed by atoms with van der Waals surface area (Å²) < 4.78 is 5.52. The largest absolute Gasteiger partial charge is 0.478 e. The van der Waals surface area contributed by atoms with Gasteiger partial charge in [-0.05, 0) is 41.3 Å². The number of aromatic nitrogens is 6. The highest BCUT2D eigenvalue weighted by atomic mass is 32.2. The summed E-state index contributed by atoms with van der Waals surface area (Å²) in [5.74, 6) is -0.583. The molecule has 13 heteroatoms. The first-order chi connectivity index (χ1) is 15.0. The fourth-order valence-electron chi connectivity index (χ4n) is 2.50. The fraction of sp³-hybridized carbons (Fsp3) is 0.167. The number of aryl methyl sites for hydroxylation is 1. The van der Waals surface area contributed by atoms with Crippen LogP contribution in [0.25, 0.3) is 11.4 Å². The molecule has 0 saturated carbocycles. The zero-order chi connectivity index (χ0) is 21.8. The van der Waals surface area contributed by atoms with E-state index in [1.165, 1.54) is 16.9 Å². The third-order valence-electron chi connectivity index (χ3n) is 4.04. The molecule has 0 bridgehead atoms. The molecule has 0 aliphatic rings. The van der Waals surface area contributed by atoms with Crippen LogP contribution in [0.3, 0.4) is 0 Å². The lowest BCUT2D eigenvalue weighted by Gasteiger charge is -2.08. The Bertz CT molecular complexity index is 1220. The maximum atomic E-state index is 12.2. The molecule has 0 unspecified atom stereocenters. The van der Waals surface area contributed by atoms with Gasteiger partial charge in [0.05, 0.1) is 11.3 Å². The van der Waals surface area contributed by atoms with Crippen molar-refractivity contribution in [2.24, 2.45) is 0 Å². The third-order valence-corrected chi connectivity index (χ3v) is 5.54. The number of tetrazole rings is 1. The second-order valence-corrected chi connectivity index (χ2v) is 8.00. The second-order valence-electron chi connectivity index (χ2n) is 6.29. The Labute approximate surface area is 183 Å². The molecule has 1 amide bonds. The molecule has 11 nitrogen and oxygen atoms in total. The molecule has 2 N–H and O–H groups in total. The summed E-state index contributed by atoms with van der Waals surface area (Å²) in [6.07, 6.45) is 0. The predicted molar refractivity (Wildman–Crippen MR) is 112 cm³/mol. The lowest BCUT2D eigenvalue weighted by atomic mass is 10.1. The number of rotatable bonds is 8. The summed E-state index contributed by atoms with van der Waals surface area (Å²) in [4.78, 5) is 24.7. The highest BCUT2D eigenvalue weighted by molar-refractivity contribution is 7.99. The number of carboxylic acid groups (broad SMARTS) is 1. The second kappa shape index (κ2) is 9.06. The van der Waals surface area contributed by atoms with E-state index in [1.807, 2.05) is 16.8 Å². The van der Waals surface area contributed by atoms with E-state index in [0.717, 1.165) is 22.9 Å². The van der Waals surface area contributed by atoms with Gasteiger partial charge in [-0.1, -0.05) is 17.8 Å². The highest BCUT2D eigenvalue weighted by Crippen LogP contribution is 2.20. The van der Waals surface area contributed by atoms with Gasteiger partial charge >= 0.3 is 5.97 Å². The molecule has 0 radical (unpaired) electrons. The first-order valence-electron chi connectivity index (χ1n) is 8.87. The van der Waals surface area contributed by atoms with E-state index < -0.39 is 5.97 Å². The maximum Gasteiger partial charge on any atom is 0.335 e. The number of nitrogens with one attached hydrogen (secondary N) is 1. The Morgan fingerprint density at radius 2 is 2.13 bits per heavy atom. The van der Waals surface area contributed by atoms with E-state index in [0.29, 0.717) is 11.5 Å². The number of carbonyl (C=O) groups is 2. The van der Waals surface area contributed by atoms with Crippen molar-refractivity contribution in [2.45, 2.75) is 18.7 Å². The summed E-state index contributed by atoms with van der Waals surface area (Å²) in [5.41, 5.74) is 2.17. The molecule has 4 rings (SSSR count). The minimum absolute atomic E-state index is 0.0161. The monoisotopic (exact) mass is 457 g/mol. The Hall–Kier alpha value is -3.58. The average molecular weight is 457 g/mol. The van der Waals surface area contributed by atoms with Gasteiger partial charge in [0.2, 0.25) is 17.6 Å². The van der Waals surface area contributed by atoms with E-state index in [1.54, 1.807) is 24.3 Å². The van der Waals surface area contributed by atoms with Crippen molar-refractivity contribution < 1.29 is 19.1 Å². The number of anilines is 1. The van der Waals surface area contributed by atoms with Crippen molar-refractivity contribution in [3.8, 4) is 11.4 Å². The molecular formula is C18H15N7O4S2. The molecule has 0 saturated heterocycles. The van der Waals surface area contributed by atoms with Crippen LogP contribution in [0.4, 0.5) is 5.69 Å². The molecule has 1 aromatic carbocycles. The van der Waals surface area contributed by atoms with Crippen LogP contribution in [0.5, 0.6) is 0 Å². The van der Waals surface area contributed by atoms with Gasteiger partial charge in [0.1, 0.15) is 6.54 Å². The Morgan fingerprint density at radius 3 is 2.90 bits per heavy atom. The Kier molecular flexibility index (Phi) is 6.04. The standard InChI is InChI=1S/C18H15N7O4S2/c1-10-2-3-11(17(27)28)6-13(10)19-14(26)9-31-18-22-20-15(29-18)7-25-23-16(21-24-25)12-4-5-30-8-12/h2-6,8H,7,9H2,1H3,(H,19,26)(H,27,28). The van der Waals surface area contributed by atoms with Gasteiger partial charge in [-0.15, -0.1) is 20.4 Å².